The van der Waals surface area contributed by atoms with E-state index < -0.39 is 0 Å². The van der Waals surface area contributed by atoms with Gasteiger partial charge in [-0.15, -0.1) is 0 Å². The molecule has 0 saturated carbocycles. The number of hydrogen-bond donors (Lipinski definition) is 1. The highest BCUT2D eigenvalue weighted by Gasteiger charge is 2.06. The number of carbonyl (C=O) groups is 1. The lowest BCUT2D eigenvalue weighted by atomic mass is 10.3. The molecule has 0 aliphatic rings. The van der Waals surface area contributed by atoms with Gasteiger partial charge >= 0.3 is 0 Å². The van der Waals surface area contributed by atoms with E-state index in [4.69, 9.17) is 16.3 Å². The van der Waals surface area contributed by atoms with Crippen LogP contribution < -0.4 is 10.1 Å². The van der Waals surface area contributed by atoms with Gasteiger partial charge in [0, 0.05) is 6.54 Å². The van der Waals surface area contributed by atoms with E-state index in [1.807, 2.05) is 6.92 Å². The molecule has 0 atom stereocenters. The van der Waals surface area contributed by atoms with Crippen molar-refractivity contribution in [2.24, 2.45) is 0 Å². The maximum absolute atomic E-state index is 11.1. The minimum atomic E-state index is -0.149. The monoisotopic (exact) mass is 291 g/mol. The number of amides is 1. The highest BCUT2D eigenvalue weighted by atomic mass is 79.9. The fraction of sp³-hybridized carbons (Fsp3) is 0.300. The first kappa shape index (κ1) is 12.3. The molecule has 1 aromatic carbocycles. The summed E-state index contributed by atoms with van der Waals surface area (Å²) < 4.78 is 5.95. The summed E-state index contributed by atoms with van der Waals surface area (Å²) in [6.45, 7) is 2.44. The third-order valence-electron chi connectivity index (χ3n) is 1.65. The lowest BCUT2D eigenvalue weighted by Gasteiger charge is -2.08. The van der Waals surface area contributed by atoms with Gasteiger partial charge in [0.2, 0.25) is 0 Å². The van der Waals surface area contributed by atoms with E-state index in [2.05, 4.69) is 21.2 Å². The van der Waals surface area contributed by atoms with E-state index in [-0.39, 0.29) is 12.5 Å². The lowest BCUT2D eigenvalue weighted by molar-refractivity contribution is -0.122. The number of likely N-dealkylation sites (N-methyl/N-ethyl adjacent to an activating group) is 1. The molecule has 0 unspecified atom stereocenters. The SMILES string of the molecule is CCNC(=O)COc1cccc(Cl)c1Br. The van der Waals surface area contributed by atoms with Crippen molar-refractivity contribution < 1.29 is 9.53 Å². The summed E-state index contributed by atoms with van der Waals surface area (Å²) in [4.78, 5) is 11.1. The normalized spacial score (nSPS) is 9.80. The molecule has 1 N–H and O–H groups in total. The van der Waals surface area contributed by atoms with Crippen LogP contribution in [0.15, 0.2) is 22.7 Å². The number of ether oxygens (including phenoxy) is 1. The van der Waals surface area contributed by atoms with Crippen LogP contribution in [-0.2, 0) is 4.79 Å². The molecule has 0 heterocycles. The van der Waals surface area contributed by atoms with Crippen LogP contribution in [0, 0.1) is 0 Å². The fourth-order valence-corrected chi connectivity index (χ4v) is 1.53. The maximum atomic E-state index is 11.1. The summed E-state index contributed by atoms with van der Waals surface area (Å²) in [6.07, 6.45) is 0. The van der Waals surface area contributed by atoms with Crippen molar-refractivity contribution in [3.63, 3.8) is 0 Å². The van der Waals surface area contributed by atoms with Gasteiger partial charge in [-0.3, -0.25) is 4.79 Å². The lowest BCUT2D eigenvalue weighted by Crippen LogP contribution is -2.28. The third-order valence-corrected chi connectivity index (χ3v) is 3.01. The molecule has 0 spiro atoms. The Morgan fingerprint density at radius 3 is 3.00 bits per heavy atom. The van der Waals surface area contributed by atoms with Gasteiger partial charge in [-0.05, 0) is 35.0 Å². The quantitative estimate of drug-likeness (QED) is 0.926. The van der Waals surface area contributed by atoms with Gasteiger partial charge in [0.1, 0.15) is 5.75 Å². The molecule has 15 heavy (non-hydrogen) atoms. The Bertz CT molecular complexity index is 357. The highest BCUT2D eigenvalue weighted by Crippen LogP contribution is 2.31. The minimum absolute atomic E-state index is 0.00716. The van der Waals surface area contributed by atoms with Crippen LogP contribution >= 0.6 is 27.5 Å². The van der Waals surface area contributed by atoms with E-state index in [0.29, 0.717) is 21.8 Å². The van der Waals surface area contributed by atoms with E-state index in [0.717, 1.165) is 0 Å². The van der Waals surface area contributed by atoms with Crippen LogP contribution in [0.4, 0.5) is 0 Å². The van der Waals surface area contributed by atoms with E-state index >= 15 is 0 Å². The average molecular weight is 293 g/mol. The number of rotatable bonds is 4. The Balaban J connectivity index is 2.58. The predicted octanol–water partition coefficient (Wildman–Crippen LogP) is 2.62. The molecule has 0 aliphatic heterocycles. The molecule has 0 bridgehead atoms. The second-order valence-corrected chi connectivity index (χ2v) is 3.99. The summed E-state index contributed by atoms with van der Waals surface area (Å²) in [6, 6.07) is 5.25. The number of halogens is 2. The number of carbonyl (C=O) groups excluding carboxylic acids is 1. The smallest absolute Gasteiger partial charge is 0.257 e. The minimum Gasteiger partial charge on any atom is -0.483 e. The first-order chi connectivity index (χ1) is 7.15. The molecule has 1 aromatic rings. The zero-order valence-corrected chi connectivity index (χ0v) is 10.6. The third kappa shape index (κ3) is 3.72. The molecule has 0 saturated heterocycles. The van der Waals surface area contributed by atoms with Gasteiger partial charge in [0.05, 0.1) is 9.50 Å². The highest BCUT2D eigenvalue weighted by molar-refractivity contribution is 9.10. The Labute approximate surface area is 102 Å². The molecule has 5 heteroatoms. The van der Waals surface area contributed by atoms with Gasteiger partial charge in [0.25, 0.3) is 5.91 Å². The predicted molar refractivity (Wildman–Crippen MR) is 63.3 cm³/mol. The van der Waals surface area contributed by atoms with E-state index in [1.165, 1.54) is 0 Å². The Kier molecular flexibility index (Phi) is 4.91. The Morgan fingerprint density at radius 1 is 1.60 bits per heavy atom. The van der Waals surface area contributed by atoms with Gasteiger partial charge in [-0.25, -0.2) is 0 Å². The van der Waals surface area contributed by atoms with Crippen molar-refractivity contribution in [1.29, 1.82) is 0 Å². The van der Waals surface area contributed by atoms with E-state index in [9.17, 15) is 4.79 Å². The van der Waals surface area contributed by atoms with Crippen LogP contribution in [0.3, 0.4) is 0 Å². The van der Waals surface area contributed by atoms with Crippen LogP contribution in [-0.4, -0.2) is 19.1 Å². The maximum Gasteiger partial charge on any atom is 0.257 e. The first-order valence-corrected chi connectivity index (χ1v) is 5.65. The summed E-state index contributed by atoms with van der Waals surface area (Å²) in [7, 11) is 0. The largest absolute Gasteiger partial charge is 0.483 e. The van der Waals surface area contributed by atoms with Crippen molar-refractivity contribution in [2.45, 2.75) is 6.92 Å². The zero-order chi connectivity index (χ0) is 11.3. The van der Waals surface area contributed by atoms with Crippen LogP contribution in [0.5, 0.6) is 5.75 Å². The zero-order valence-electron chi connectivity index (χ0n) is 8.22. The first-order valence-electron chi connectivity index (χ1n) is 4.48. The van der Waals surface area contributed by atoms with E-state index in [1.54, 1.807) is 18.2 Å². The van der Waals surface area contributed by atoms with Gasteiger partial charge in [-0.2, -0.15) is 0 Å². The van der Waals surface area contributed by atoms with Gasteiger partial charge in [0.15, 0.2) is 6.61 Å². The fourth-order valence-electron chi connectivity index (χ4n) is 0.987. The average Bonchev–Trinajstić information content (AvgIpc) is 2.21. The molecule has 0 aliphatic carbocycles. The Hall–Kier alpha value is -0.740. The Morgan fingerprint density at radius 2 is 2.33 bits per heavy atom. The summed E-state index contributed by atoms with van der Waals surface area (Å²) in [5.41, 5.74) is 0. The van der Waals surface area contributed by atoms with Crippen molar-refractivity contribution in [2.75, 3.05) is 13.2 Å². The molecular weight excluding hydrogens is 281 g/mol. The van der Waals surface area contributed by atoms with Crippen molar-refractivity contribution in [1.82, 2.24) is 5.32 Å². The van der Waals surface area contributed by atoms with Crippen molar-refractivity contribution in [3.8, 4) is 5.75 Å². The topological polar surface area (TPSA) is 38.3 Å². The van der Waals surface area contributed by atoms with Crippen LogP contribution in [0.2, 0.25) is 5.02 Å². The molecule has 3 nitrogen and oxygen atoms in total. The standard InChI is InChI=1S/C10H11BrClNO2/c1-2-13-9(14)6-15-8-5-3-4-7(12)10(8)11/h3-5H,2,6H2,1H3,(H,13,14). The molecule has 0 radical (unpaired) electrons. The number of hydrogen-bond acceptors (Lipinski definition) is 2. The summed E-state index contributed by atoms with van der Waals surface area (Å²) in [5.74, 6) is 0.415. The summed E-state index contributed by atoms with van der Waals surface area (Å²) >= 11 is 9.14. The second-order valence-electron chi connectivity index (χ2n) is 2.79. The number of nitrogens with one attached hydrogen (secondary N) is 1. The van der Waals surface area contributed by atoms with Gasteiger partial charge in [-0.1, -0.05) is 17.7 Å². The molecular formula is C10H11BrClNO2. The molecule has 0 aromatic heterocycles. The van der Waals surface area contributed by atoms with Crippen molar-refractivity contribution >= 4 is 33.4 Å². The van der Waals surface area contributed by atoms with Crippen LogP contribution in [0.1, 0.15) is 6.92 Å². The second kappa shape index (κ2) is 5.98. The summed E-state index contributed by atoms with van der Waals surface area (Å²) in [5, 5.41) is 3.20. The number of benzene rings is 1. The van der Waals surface area contributed by atoms with Gasteiger partial charge < -0.3 is 10.1 Å². The van der Waals surface area contributed by atoms with Crippen LogP contribution in [0.25, 0.3) is 0 Å². The molecule has 1 amide bonds. The molecule has 0 fully saturated rings. The molecule has 1 rings (SSSR count). The molecule has 82 valence electrons. The van der Waals surface area contributed by atoms with Crippen molar-refractivity contribution in [3.05, 3.63) is 27.7 Å².